The first-order valence-electron chi connectivity index (χ1n) is 7.84. The number of ketones is 1. The highest BCUT2D eigenvalue weighted by atomic mass is 16.1. The van der Waals surface area contributed by atoms with Crippen molar-refractivity contribution in [1.82, 2.24) is 4.90 Å². The van der Waals surface area contributed by atoms with E-state index in [4.69, 9.17) is 0 Å². The molecule has 1 aliphatic rings. The summed E-state index contributed by atoms with van der Waals surface area (Å²) < 4.78 is 0. The van der Waals surface area contributed by atoms with Gasteiger partial charge in [-0.3, -0.25) is 9.69 Å². The standard InChI is InChI=1S/C17H31NO/c1-5-6-7-8-9-12-16(19)17(18(3)4)13-10-11-15(2)14-17/h5,15H,1,6-14H2,2-4H3. The van der Waals surface area contributed by atoms with E-state index in [0.717, 1.165) is 38.5 Å². The van der Waals surface area contributed by atoms with Gasteiger partial charge in [0.2, 0.25) is 0 Å². The number of hydrogen-bond acceptors (Lipinski definition) is 2. The molecule has 19 heavy (non-hydrogen) atoms. The molecule has 1 saturated carbocycles. The zero-order valence-electron chi connectivity index (χ0n) is 13.1. The molecule has 0 spiro atoms. The molecule has 2 nitrogen and oxygen atoms in total. The van der Waals surface area contributed by atoms with Gasteiger partial charge >= 0.3 is 0 Å². The molecule has 0 bridgehead atoms. The number of carbonyl (C=O) groups is 1. The van der Waals surface area contributed by atoms with Crippen LogP contribution in [0.15, 0.2) is 12.7 Å². The van der Waals surface area contributed by atoms with E-state index in [-0.39, 0.29) is 5.54 Å². The van der Waals surface area contributed by atoms with Gasteiger partial charge in [-0.2, -0.15) is 0 Å². The molecule has 1 aliphatic carbocycles. The Labute approximate surface area is 119 Å². The van der Waals surface area contributed by atoms with Crippen LogP contribution in [0.1, 0.15) is 64.7 Å². The summed E-state index contributed by atoms with van der Waals surface area (Å²) in [6.07, 6.45) is 11.7. The molecule has 0 aromatic carbocycles. The summed E-state index contributed by atoms with van der Waals surface area (Å²) in [6, 6.07) is 0. The lowest BCUT2D eigenvalue weighted by molar-refractivity contribution is -0.133. The van der Waals surface area contributed by atoms with E-state index in [2.05, 4.69) is 32.5 Å². The van der Waals surface area contributed by atoms with E-state index in [0.29, 0.717) is 11.7 Å². The summed E-state index contributed by atoms with van der Waals surface area (Å²) in [5.74, 6) is 1.16. The van der Waals surface area contributed by atoms with Gasteiger partial charge in [0.25, 0.3) is 0 Å². The summed E-state index contributed by atoms with van der Waals surface area (Å²) in [4.78, 5) is 14.9. The Morgan fingerprint density at radius 1 is 1.37 bits per heavy atom. The van der Waals surface area contributed by atoms with Crippen molar-refractivity contribution in [3.8, 4) is 0 Å². The van der Waals surface area contributed by atoms with E-state index in [1.807, 2.05) is 6.08 Å². The van der Waals surface area contributed by atoms with Gasteiger partial charge in [0.15, 0.2) is 5.78 Å². The van der Waals surface area contributed by atoms with Crippen LogP contribution in [0.4, 0.5) is 0 Å². The summed E-state index contributed by atoms with van der Waals surface area (Å²) in [7, 11) is 4.15. The fourth-order valence-electron chi connectivity index (χ4n) is 3.42. The second kappa shape index (κ2) is 7.84. The van der Waals surface area contributed by atoms with Gasteiger partial charge in [-0.25, -0.2) is 0 Å². The summed E-state index contributed by atoms with van der Waals surface area (Å²) >= 11 is 0. The normalized spacial score (nSPS) is 27.5. The summed E-state index contributed by atoms with van der Waals surface area (Å²) in [5.41, 5.74) is -0.171. The second-order valence-corrected chi connectivity index (χ2v) is 6.44. The Morgan fingerprint density at radius 2 is 2.11 bits per heavy atom. The predicted molar refractivity (Wildman–Crippen MR) is 82.3 cm³/mol. The average Bonchev–Trinajstić information content (AvgIpc) is 2.37. The third-order valence-corrected chi connectivity index (χ3v) is 4.66. The molecule has 0 N–H and O–H groups in total. The van der Waals surface area contributed by atoms with Crippen LogP contribution in [0.5, 0.6) is 0 Å². The van der Waals surface area contributed by atoms with Gasteiger partial charge in [0, 0.05) is 6.42 Å². The topological polar surface area (TPSA) is 20.3 Å². The predicted octanol–water partition coefficient (Wildman–Crippen LogP) is 4.20. The fourth-order valence-corrected chi connectivity index (χ4v) is 3.42. The van der Waals surface area contributed by atoms with Crippen molar-refractivity contribution < 1.29 is 4.79 Å². The molecule has 0 heterocycles. The van der Waals surface area contributed by atoms with Crippen molar-refractivity contribution in [3.05, 3.63) is 12.7 Å². The van der Waals surface area contributed by atoms with Crippen molar-refractivity contribution >= 4 is 5.78 Å². The molecule has 0 aliphatic heterocycles. The minimum atomic E-state index is -0.171. The molecule has 1 rings (SSSR count). The number of hydrogen-bond donors (Lipinski definition) is 0. The zero-order valence-corrected chi connectivity index (χ0v) is 13.1. The molecule has 0 saturated heterocycles. The van der Waals surface area contributed by atoms with Crippen LogP contribution in [0, 0.1) is 5.92 Å². The molecule has 2 unspecified atom stereocenters. The van der Waals surface area contributed by atoms with E-state index in [1.165, 1.54) is 19.3 Å². The summed E-state index contributed by atoms with van der Waals surface area (Å²) in [5, 5.41) is 0. The Balaban J connectivity index is 2.51. The number of allylic oxidation sites excluding steroid dienone is 1. The van der Waals surface area contributed by atoms with Gasteiger partial charge in [0.1, 0.15) is 0 Å². The first kappa shape index (κ1) is 16.4. The number of unbranched alkanes of at least 4 members (excludes halogenated alkanes) is 3. The van der Waals surface area contributed by atoms with Crippen LogP contribution in [0.3, 0.4) is 0 Å². The van der Waals surface area contributed by atoms with Gasteiger partial charge in [-0.1, -0.05) is 32.3 Å². The lowest BCUT2D eigenvalue weighted by atomic mass is 9.72. The molecular formula is C17H31NO. The minimum Gasteiger partial charge on any atom is -0.298 e. The number of carbonyl (C=O) groups excluding carboxylic acids is 1. The smallest absolute Gasteiger partial charge is 0.153 e. The van der Waals surface area contributed by atoms with Crippen molar-refractivity contribution in [3.63, 3.8) is 0 Å². The van der Waals surface area contributed by atoms with Gasteiger partial charge < -0.3 is 0 Å². The molecule has 2 heteroatoms. The van der Waals surface area contributed by atoms with Crippen LogP contribution in [0.2, 0.25) is 0 Å². The highest BCUT2D eigenvalue weighted by Gasteiger charge is 2.42. The fraction of sp³-hybridized carbons (Fsp3) is 0.824. The maximum absolute atomic E-state index is 12.7. The minimum absolute atomic E-state index is 0.171. The summed E-state index contributed by atoms with van der Waals surface area (Å²) in [6.45, 7) is 6.02. The largest absolute Gasteiger partial charge is 0.298 e. The van der Waals surface area contributed by atoms with E-state index in [9.17, 15) is 4.79 Å². The quantitative estimate of drug-likeness (QED) is 0.484. The Bertz CT molecular complexity index is 298. The van der Waals surface area contributed by atoms with Crippen molar-refractivity contribution in [2.45, 2.75) is 70.3 Å². The van der Waals surface area contributed by atoms with E-state index >= 15 is 0 Å². The molecule has 0 aromatic rings. The first-order chi connectivity index (χ1) is 9.03. The van der Waals surface area contributed by atoms with Crippen LogP contribution >= 0.6 is 0 Å². The molecule has 0 aromatic heterocycles. The molecule has 0 amide bonds. The number of Topliss-reactive ketones (excluding diaryl/α,β-unsaturated/α-hetero) is 1. The highest BCUT2D eigenvalue weighted by Crippen LogP contribution is 2.37. The highest BCUT2D eigenvalue weighted by molar-refractivity contribution is 5.88. The van der Waals surface area contributed by atoms with Crippen LogP contribution in [0.25, 0.3) is 0 Å². The van der Waals surface area contributed by atoms with Crippen LogP contribution in [-0.2, 0) is 4.79 Å². The van der Waals surface area contributed by atoms with Gasteiger partial charge in [0.05, 0.1) is 5.54 Å². The lowest BCUT2D eigenvalue weighted by Gasteiger charge is -2.44. The molecule has 110 valence electrons. The third-order valence-electron chi connectivity index (χ3n) is 4.66. The Kier molecular flexibility index (Phi) is 6.78. The molecule has 1 fully saturated rings. The Hall–Kier alpha value is -0.630. The molecule has 0 radical (unpaired) electrons. The van der Waals surface area contributed by atoms with E-state index in [1.54, 1.807) is 0 Å². The monoisotopic (exact) mass is 265 g/mol. The number of rotatable bonds is 8. The second-order valence-electron chi connectivity index (χ2n) is 6.44. The number of likely N-dealkylation sites (N-methyl/N-ethyl adjacent to an activating group) is 1. The maximum atomic E-state index is 12.7. The maximum Gasteiger partial charge on any atom is 0.153 e. The molecule has 2 atom stereocenters. The Morgan fingerprint density at radius 3 is 2.68 bits per heavy atom. The van der Waals surface area contributed by atoms with Crippen LogP contribution < -0.4 is 0 Å². The van der Waals surface area contributed by atoms with Crippen molar-refractivity contribution in [1.29, 1.82) is 0 Å². The third kappa shape index (κ3) is 4.45. The molecular weight excluding hydrogens is 234 g/mol. The zero-order chi connectivity index (χ0) is 14.3. The van der Waals surface area contributed by atoms with Crippen LogP contribution in [-0.4, -0.2) is 30.3 Å². The lowest BCUT2D eigenvalue weighted by Crippen LogP contribution is -2.53. The van der Waals surface area contributed by atoms with Crippen molar-refractivity contribution in [2.75, 3.05) is 14.1 Å². The average molecular weight is 265 g/mol. The van der Waals surface area contributed by atoms with Gasteiger partial charge in [-0.15, -0.1) is 6.58 Å². The first-order valence-corrected chi connectivity index (χ1v) is 7.84. The van der Waals surface area contributed by atoms with E-state index < -0.39 is 0 Å². The van der Waals surface area contributed by atoms with Gasteiger partial charge in [-0.05, 0) is 52.1 Å². The van der Waals surface area contributed by atoms with Crippen molar-refractivity contribution in [2.24, 2.45) is 5.92 Å². The number of nitrogens with zero attached hydrogens (tertiary/aromatic N) is 1. The SMILES string of the molecule is C=CCCCCCC(=O)C1(N(C)C)CCCC(C)C1.